The minimum atomic E-state index is -0.372. The van der Waals surface area contributed by atoms with E-state index in [1.54, 1.807) is 7.11 Å². The number of esters is 1. The fourth-order valence-corrected chi connectivity index (χ4v) is 7.43. The van der Waals surface area contributed by atoms with E-state index in [4.69, 9.17) is 19.4 Å². The van der Waals surface area contributed by atoms with E-state index in [1.165, 1.54) is 5.56 Å². The van der Waals surface area contributed by atoms with Crippen LogP contribution in [-0.4, -0.2) is 39.6 Å². The lowest BCUT2D eigenvalue weighted by Crippen LogP contribution is -2.15. The summed E-state index contributed by atoms with van der Waals surface area (Å²) in [6.45, 7) is 13.2. The lowest BCUT2D eigenvalue weighted by Gasteiger charge is -2.16. The molecule has 7 nitrogen and oxygen atoms in total. The summed E-state index contributed by atoms with van der Waals surface area (Å²) in [6, 6.07) is 26.8. The van der Waals surface area contributed by atoms with Crippen molar-refractivity contribution in [3.63, 3.8) is 0 Å². The monoisotopic (exact) mass is 652 g/mol. The number of hydrogen-bond acceptors (Lipinski definition) is 5. The SMILES string of the molecule is CCOC(=O)c1c(-c2ccccc2)c2cc3nc(c(OC)c4[nH]c(cc5nc(cc1[nH]2)CC5(C)C)c(-c1ccccc1)c4CC)CC3(C)C. The molecule has 0 unspecified atom stereocenters. The first kappa shape index (κ1) is 32.4. The molecular weight excluding hydrogens is 608 g/mol. The van der Waals surface area contributed by atoms with Crippen LogP contribution >= 0.6 is 0 Å². The minimum absolute atomic E-state index is 0.254. The molecule has 0 amide bonds. The third-order valence-electron chi connectivity index (χ3n) is 9.85. The molecule has 2 aliphatic heterocycles. The molecule has 2 aromatic carbocycles. The van der Waals surface area contributed by atoms with Crippen molar-refractivity contribution >= 4 is 28.0 Å². The number of aromatic amines is 2. The average Bonchev–Trinajstić information content (AvgIpc) is 3.78. The topological polar surface area (TPSA) is 92.9 Å². The zero-order valence-corrected chi connectivity index (χ0v) is 29.5. The van der Waals surface area contributed by atoms with Gasteiger partial charge in [-0.25, -0.2) is 4.79 Å². The normalized spacial score (nSPS) is 14.8. The number of carbonyl (C=O) groups is 1. The molecule has 0 saturated heterocycles. The van der Waals surface area contributed by atoms with Crippen LogP contribution in [0.4, 0.5) is 0 Å². The highest BCUT2D eigenvalue weighted by Gasteiger charge is 2.33. The number of methoxy groups -OCH3 is 1. The van der Waals surface area contributed by atoms with Crippen LogP contribution < -0.4 is 4.74 Å². The van der Waals surface area contributed by atoms with Gasteiger partial charge in [0.2, 0.25) is 0 Å². The molecule has 0 atom stereocenters. The van der Waals surface area contributed by atoms with Gasteiger partial charge in [-0.1, -0.05) is 95.3 Å². The molecule has 8 bridgehead atoms. The number of carbonyl (C=O) groups excluding carboxylic acids is 1. The Morgan fingerprint density at radius 3 is 1.96 bits per heavy atom. The van der Waals surface area contributed by atoms with Gasteiger partial charge < -0.3 is 19.4 Å². The van der Waals surface area contributed by atoms with Crippen molar-refractivity contribution in [1.82, 2.24) is 19.9 Å². The molecule has 7 rings (SSSR count). The number of rotatable bonds is 6. The summed E-state index contributed by atoms with van der Waals surface area (Å²) in [5.74, 6) is 0.372. The highest BCUT2D eigenvalue weighted by Crippen LogP contribution is 2.42. The highest BCUT2D eigenvalue weighted by molar-refractivity contribution is 6.09. The van der Waals surface area contributed by atoms with Crippen molar-refractivity contribution in [2.24, 2.45) is 0 Å². The average molecular weight is 653 g/mol. The van der Waals surface area contributed by atoms with Gasteiger partial charge in [-0.05, 0) is 48.2 Å². The molecule has 5 heterocycles. The molecular formula is C42H44N4O3. The zero-order chi connectivity index (χ0) is 34.5. The second-order valence-corrected chi connectivity index (χ2v) is 14.3. The molecule has 49 heavy (non-hydrogen) atoms. The van der Waals surface area contributed by atoms with E-state index in [-0.39, 0.29) is 23.4 Å². The molecule has 0 radical (unpaired) electrons. The van der Waals surface area contributed by atoms with E-state index in [2.05, 4.69) is 81.0 Å². The van der Waals surface area contributed by atoms with Crippen molar-refractivity contribution in [3.8, 4) is 28.0 Å². The van der Waals surface area contributed by atoms with Crippen LogP contribution in [0.5, 0.6) is 5.75 Å². The fourth-order valence-electron chi connectivity index (χ4n) is 7.43. The lowest BCUT2D eigenvalue weighted by atomic mass is 9.86. The summed E-state index contributed by atoms with van der Waals surface area (Å²) >= 11 is 0. The summed E-state index contributed by atoms with van der Waals surface area (Å²) in [7, 11) is 1.73. The van der Waals surface area contributed by atoms with Crippen molar-refractivity contribution in [2.45, 2.75) is 71.6 Å². The van der Waals surface area contributed by atoms with Crippen LogP contribution in [0.15, 0.2) is 78.9 Å². The lowest BCUT2D eigenvalue weighted by molar-refractivity contribution is 0.0529. The fraction of sp³-hybridized carbons (Fsp3) is 0.310. The van der Waals surface area contributed by atoms with Gasteiger partial charge in [0.15, 0.2) is 5.75 Å². The summed E-state index contributed by atoms with van der Waals surface area (Å²) < 4.78 is 11.9. The number of H-pyrrole nitrogens is 2. The Labute approximate surface area is 287 Å². The molecule has 0 spiro atoms. The number of aromatic nitrogens is 4. The second-order valence-electron chi connectivity index (χ2n) is 14.3. The maximum atomic E-state index is 13.8. The molecule has 0 saturated carbocycles. The maximum absolute atomic E-state index is 13.8. The number of fused-ring (bicyclic) bond motifs is 8. The second kappa shape index (κ2) is 12.4. The van der Waals surface area contributed by atoms with Crippen LogP contribution in [0.3, 0.4) is 0 Å². The molecule has 250 valence electrons. The smallest absolute Gasteiger partial charge is 0.340 e. The largest absolute Gasteiger partial charge is 0.493 e. The molecule has 7 heteroatoms. The molecule has 0 aliphatic carbocycles. The summed E-state index contributed by atoms with van der Waals surface area (Å²) in [5.41, 5.74) is 12.2. The van der Waals surface area contributed by atoms with Crippen molar-refractivity contribution in [1.29, 1.82) is 0 Å². The maximum Gasteiger partial charge on any atom is 0.340 e. The van der Waals surface area contributed by atoms with E-state index in [0.29, 0.717) is 23.9 Å². The number of aryl methyl sites for hydroxylation is 1. The van der Waals surface area contributed by atoms with Gasteiger partial charge in [-0.2, -0.15) is 0 Å². The van der Waals surface area contributed by atoms with E-state index in [0.717, 1.165) is 73.7 Å². The molecule has 2 N–H and O–H groups in total. The van der Waals surface area contributed by atoms with Gasteiger partial charge in [-0.15, -0.1) is 0 Å². The molecule has 5 aromatic rings. The van der Waals surface area contributed by atoms with Crippen LogP contribution in [0.25, 0.3) is 44.3 Å². The van der Waals surface area contributed by atoms with Gasteiger partial charge in [0, 0.05) is 62.9 Å². The Balaban J connectivity index is 1.70. The highest BCUT2D eigenvalue weighted by atomic mass is 16.5. The first-order valence-corrected chi connectivity index (χ1v) is 17.2. The van der Waals surface area contributed by atoms with Gasteiger partial charge >= 0.3 is 5.97 Å². The van der Waals surface area contributed by atoms with Crippen molar-refractivity contribution < 1.29 is 14.3 Å². The standard InChI is InChI=1S/C42H44N4O3/c1-8-28-35(25-16-12-10-13-17-25)30-21-33-41(3,4)23-27(43-33)20-29-37(40(47)49-9-2)36(26-18-14-11-15-19-26)31(44-29)22-34-42(5,6)24-32(45-34)39(48-7)38(28)46-30/h10-22,44,46H,8-9,23-24H2,1-7H3. The number of benzene rings is 2. The molecule has 3 aromatic heterocycles. The Morgan fingerprint density at radius 1 is 0.755 bits per heavy atom. The van der Waals surface area contributed by atoms with Gasteiger partial charge in [0.25, 0.3) is 0 Å². The first-order chi connectivity index (χ1) is 23.5. The van der Waals surface area contributed by atoms with Gasteiger partial charge in [0.05, 0.1) is 36.0 Å². The quantitative estimate of drug-likeness (QED) is 0.178. The number of hydrogen-bond donors (Lipinski definition) is 2. The Morgan fingerprint density at radius 2 is 1.35 bits per heavy atom. The Bertz CT molecular complexity index is 2230. The zero-order valence-electron chi connectivity index (χ0n) is 29.5. The molecule has 2 aliphatic rings. The third kappa shape index (κ3) is 5.71. The van der Waals surface area contributed by atoms with Gasteiger partial charge in [-0.3, -0.25) is 9.97 Å². The Hall–Kier alpha value is -5.17. The predicted octanol–water partition coefficient (Wildman–Crippen LogP) is 9.44. The van der Waals surface area contributed by atoms with Gasteiger partial charge in [0.1, 0.15) is 0 Å². The summed E-state index contributed by atoms with van der Waals surface area (Å²) in [4.78, 5) is 31.8. The number of nitrogens with one attached hydrogen (secondary N) is 2. The van der Waals surface area contributed by atoms with Crippen LogP contribution in [0.2, 0.25) is 0 Å². The van der Waals surface area contributed by atoms with E-state index >= 15 is 0 Å². The van der Waals surface area contributed by atoms with Crippen molar-refractivity contribution in [2.75, 3.05) is 13.7 Å². The predicted molar refractivity (Wildman–Crippen MR) is 197 cm³/mol. The third-order valence-corrected chi connectivity index (χ3v) is 9.85. The van der Waals surface area contributed by atoms with E-state index < -0.39 is 0 Å². The summed E-state index contributed by atoms with van der Waals surface area (Å²) in [6.07, 6.45) is 2.20. The first-order valence-electron chi connectivity index (χ1n) is 17.2. The number of ether oxygens (including phenoxy) is 2. The van der Waals surface area contributed by atoms with Crippen LogP contribution in [0, 0.1) is 0 Å². The molecule has 0 fully saturated rings. The Kier molecular flexibility index (Phi) is 8.18. The van der Waals surface area contributed by atoms with Crippen LogP contribution in [0.1, 0.15) is 80.2 Å². The van der Waals surface area contributed by atoms with E-state index in [9.17, 15) is 4.79 Å². The minimum Gasteiger partial charge on any atom is -0.493 e. The number of nitrogens with zero attached hydrogens (tertiary/aromatic N) is 2. The summed E-state index contributed by atoms with van der Waals surface area (Å²) in [5, 5.41) is 0. The van der Waals surface area contributed by atoms with Crippen LogP contribution in [-0.2, 0) is 34.8 Å². The van der Waals surface area contributed by atoms with E-state index in [1.807, 2.05) is 49.4 Å². The van der Waals surface area contributed by atoms with Crippen molar-refractivity contribution in [3.05, 3.63) is 113 Å².